The molecule has 136 valence electrons. The number of hydrogen-bond donors (Lipinski definition) is 1. The number of nitrogens with zero attached hydrogens (tertiary/aromatic N) is 1. The van der Waals surface area contributed by atoms with E-state index in [-0.39, 0.29) is 22.3 Å². The molecular weight excluding hydrogens is 408 g/mol. The van der Waals surface area contributed by atoms with Gasteiger partial charge in [0.15, 0.2) is 6.61 Å². The van der Waals surface area contributed by atoms with E-state index in [0.717, 1.165) is 11.6 Å². The number of hydrogen-bond acceptors (Lipinski definition) is 6. The lowest BCUT2D eigenvalue weighted by molar-refractivity contribution is -0.385. The number of benzene rings is 2. The molecule has 0 spiro atoms. The molecule has 0 aliphatic heterocycles. The Hall–Kier alpha value is -2.94. The number of esters is 1. The second kappa shape index (κ2) is 8.95. The van der Waals surface area contributed by atoms with Gasteiger partial charge in [0.05, 0.1) is 22.1 Å². The molecule has 9 heteroatoms. The summed E-state index contributed by atoms with van der Waals surface area (Å²) >= 11 is 3.03. The highest BCUT2D eigenvalue weighted by atomic mass is 79.9. The van der Waals surface area contributed by atoms with Crippen molar-refractivity contribution < 1.29 is 24.0 Å². The number of rotatable bonds is 7. The van der Waals surface area contributed by atoms with E-state index >= 15 is 0 Å². The van der Waals surface area contributed by atoms with Crippen molar-refractivity contribution in [3.05, 3.63) is 68.2 Å². The second-order valence-electron chi connectivity index (χ2n) is 5.09. The van der Waals surface area contributed by atoms with Crippen LogP contribution in [0.5, 0.6) is 5.75 Å². The van der Waals surface area contributed by atoms with Crippen LogP contribution < -0.4 is 10.1 Å². The first-order valence-corrected chi connectivity index (χ1v) is 8.21. The van der Waals surface area contributed by atoms with Crippen LogP contribution in [-0.4, -0.2) is 30.5 Å². The molecule has 2 aromatic rings. The molecule has 1 amide bonds. The quantitative estimate of drug-likeness (QED) is 0.417. The van der Waals surface area contributed by atoms with Gasteiger partial charge in [-0.2, -0.15) is 0 Å². The number of nitro groups is 1. The number of halogens is 1. The van der Waals surface area contributed by atoms with Gasteiger partial charge in [0, 0.05) is 18.2 Å². The van der Waals surface area contributed by atoms with E-state index in [9.17, 15) is 19.7 Å². The van der Waals surface area contributed by atoms with Gasteiger partial charge in [-0.25, -0.2) is 4.79 Å². The smallest absolute Gasteiger partial charge is 0.338 e. The topological polar surface area (TPSA) is 108 Å². The molecule has 0 radical (unpaired) electrons. The van der Waals surface area contributed by atoms with Gasteiger partial charge < -0.3 is 14.8 Å². The average molecular weight is 423 g/mol. The maximum atomic E-state index is 11.9. The van der Waals surface area contributed by atoms with Gasteiger partial charge in [-0.15, -0.1) is 0 Å². The third-order valence-electron chi connectivity index (χ3n) is 3.38. The first-order chi connectivity index (χ1) is 12.4. The lowest BCUT2D eigenvalue weighted by atomic mass is 10.2. The van der Waals surface area contributed by atoms with Crippen LogP contribution in [-0.2, 0) is 16.1 Å². The minimum atomic E-state index is -0.826. The molecule has 0 saturated carbocycles. The molecule has 0 bridgehead atoms. The summed E-state index contributed by atoms with van der Waals surface area (Å²) in [6.07, 6.45) is 0. The zero-order chi connectivity index (χ0) is 19.1. The minimum Gasteiger partial charge on any atom is -0.496 e. The minimum absolute atomic E-state index is 0.0163. The van der Waals surface area contributed by atoms with Crippen molar-refractivity contribution in [1.29, 1.82) is 0 Å². The zero-order valence-electron chi connectivity index (χ0n) is 13.7. The van der Waals surface area contributed by atoms with Crippen LogP contribution in [0.1, 0.15) is 15.9 Å². The fourth-order valence-corrected chi connectivity index (χ4v) is 2.48. The number of amides is 1. The molecule has 2 aromatic carbocycles. The lowest BCUT2D eigenvalue weighted by Crippen LogP contribution is -2.28. The van der Waals surface area contributed by atoms with E-state index in [0.29, 0.717) is 5.75 Å². The molecule has 1 N–H and O–H groups in total. The van der Waals surface area contributed by atoms with Crippen LogP contribution in [0.3, 0.4) is 0 Å². The Bertz CT molecular complexity index is 840. The van der Waals surface area contributed by atoms with E-state index in [1.807, 2.05) is 12.1 Å². The standard InChI is InChI=1S/C17H15BrN2O6/c1-25-15-5-3-2-4-12(15)9-19-16(21)10-26-17(22)11-6-7-13(18)14(8-11)20(23)24/h2-8H,9-10H2,1H3,(H,19,21). The predicted octanol–water partition coefficient (Wildman–Crippen LogP) is 2.84. The molecule has 0 unspecified atom stereocenters. The molecule has 8 nitrogen and oxygen atoms in total. The van der Waals surface area contributed by atoms with E-state index < -0.39 is 23.4 Å². The van der Waals surface area contributed by atoms with Crippen molar-refractivity contribution in [2.75, 3.05) is 13.7 Å². The Balaban J connectivity index is 1.90. The summed E-state index contributed by atoms with van der Waals surface area (Å²) in [5.41, 5.74) is 0.496. The number of methoxy groups -OCH3 is 1. The Morgan fingerprint density at radius 3 is 2.65 bits per heavy atom. The Morgan fingerprint density at radius 1 is 1.23 bits per heavy atom. The molecule has 0 aliphatic rings. The van der Waals surface area contributed by atoms with Crippen LogP contribution in [0.2, 0.25) is 0 Å². The second-order valence-corrected chi connectivity index (χ2v) is 5.94. The van der Waals surface area contributed by atoms with E-state index in [1.165, 1.54) is 19.2 Å². The van der Waals surface area contributed by atoms with Gasteiger partial charge in [-0.1, -0.05) is 18.2 Å². The van der Waals surface area contributed by atoms with E-state index in [1.54, 1.807) is 12.1 Å². The fraction of sp³-hybridized carbons (Fsp3) is 0.176. The van der Waals surface area contributed by atoms with Crippen LogP contribution in [0.25, 0.3) is 0 Å². The van der Waals surface area contributed by atoms with Gasteiger partial charge in [0.2, 0.25) is 0 Å². The number of ether oxygens (including phenoxy) is 2. The van der Waals surface area contributed by atoms with Crippen molar-refractivity contribution in [2.24, 2.45) is 0 Å². The molecule has 0 aromatic heterocycles. The van der Waals surface area contributed by atoms with Crippen molar-refractivity contribution in [2.45, 2.75) is 6.54 Å². The summed E-state index contributed by atoms with van der Waals surface area (Å²) in [6.45, 7) is -0.290. The van der Waals surface area contributed by atoms with Crippen LogP contribution in [0.4, 0.5) is 5.69 Å². The maximum Gasteiger partial charge on any atom is 0.338 e. The zero-order valence-corrected chi connectivity index (χ0v) is 15.3. The van der Waals surface area contributed by atoms with Gasteiger partial charge in [0.1, 0.15) is 5.75 Å². The van der Waals surface area contributed by atoms with Gasteiger partial charge in [-0.3, -0.25) is 14.9 Å². The highest BCUT2D eigenvalue weighted by Crippen LogP contribution is 2.25. The van der Waals surface area contributed by atoms with Crippen molar-refractivity contribution in [1.82, 2.24) is 5.32 Å². The number of nitrogens with one attached hydrogen (secondary N) is 1. The van der Waals surface area contributed by atoms with Crippen molar-refractivity contribution in [3.8, 4) is 5.75 Å². The number of para-hydroxylation sites is 1. The predicted molar refractivity (Wildman–Crippen MR) is 95.9 cm³/mol. The number of carbonyl (C=O) groups is 2. The first kappa shape index (κ1) is 19.4. The van der Waals surface area contributed by atoms with Crippen molar-refractivity contribution in [3.63, 3.8) is 0 Å². The largest absolute Gasteiger partial charge is 0.496 e. The summed E-state index contributed by atoms with van der Waals surface area (Å²) in [5.74, 6) is -0.698. The molecule has 2 rings (SSSR count). The van der Waals surface area contributed by atoms with E-state index in [4.69, 9.17) is 9.47 Å². The molecule has 0 saturated heterocycles. The maximum absolute atomic E-state index is 11.9. The summed E-state index contributed by atoms with van der Waals surface area (Å²) < 4.78 is 10.3. The summed E-state index contributed by atoms with van der Waals surface area (Å²) in [4.78, 5) is 34.0. The average Bonchev–Trinajstić information content (AvgIpc) is 2.64. The van der Waals surface area contributed by atoms with Gasteiger partial charge in [-0.05, 0) is 34.1 Å². The fourth-order valence-electron chi connectivity index (χ4n) is 2.09. The lowest BCUT2D eigenvalue weighted by Gasteiger charge is -2.10. The van der Waals surface area contributed by atoms with Crippen LogP contribution >= 0.6 is 15.9 Å². The SMILES string of the molecule is COc1ccccc1CNC(=O)COC(=O)c1ccc(Br)c([N+](=O)[O-])c1. The van der Waals surface area contributed by atoms with Gasteiger partial charge >= 0.3 is 5.97 Å². The monoisotopic (exact) mass is 422 g/mol. The first-order valence-electron chi connectivity index (χ1n) is 7.42. The third kappa shape index (κ3) is 5.03. The highest BCUT2D eigenvalue weighted by Gasteiger charge is 2.17. The Kier molecular flexibility index (Phi) is 6.67. The van der Waals surface area contributed by atoms with E-state index in [2.05, 4.69) is 21.2 Å². The molecule has 0 aliphatic carbocycles. The van der Waals surface area contributed by atoms with Gasteiger partial charge in [0.25, 0.3) is 11.6 Å². The summed E-state index contributed by atoms with van der Waals surface area (Å²) in [5, 5.41) is 13.5. The Morgan fingerprint density at radius 2 is 1.96 bits per heavy atom. The number of nitro benzene ring substituents is 1. The molecule has 0 fully saturated rings. The third-order valence-corrected chi connectivity index (χ3v) is 4.05. The molecule has 0 atom stereocenters. The molecular formula is C17H15BrN2O6. The van der Waals surface area contributed by atoms with Crippen LogP contribution in [0, 0.1) is 10.1 Å². The molecule has 0 heterocycles. The highest BCUT2D eigenvalue weighted by molar-refractivity contribution is 9.10. The number of carbonyl (C=O) groups excluding carboxylic acids is 2. The van der Waals surface area contributed by atoms with Crippen molar-refractivity contribution >= 4 is 33.5 Å². The Labute approximate surface area is 157 Å². The normalized spacial score (nSPS) is 10.1. The molecule has 26 heavy (non-hydrogen) atoms. The summed E-state index contributed by atoms with van der Waals surface area (Å²) in [6, 6.07) is 11.0. The van der Waals surface area contributed by atoms with Crippen LogP contribution in [0.15, 0.2) is 46.9 Å². The summed E-state index contributed by atoms with van der Waals surface area (Å²) in [7, 11) is 1.53.